The summed E-state index contributed by atoms with van der Waals surface area (Å²) in [6.45, 7) is 5.41. The van der Waals surface area contributed by atoms with Gasteiger partial charge in [-0.05, 0) is 36.8 Å². The van der Waals surface area contributed by atoms with Gasteiger partial charge in [-0.2, -0.15) is 5.26 Å². The monoisotopic (exact) mass is 256 g/mol. The van der Waals surface area contributed by atoms with Crippen molar-refractivity contribution in [3.05, 3.63) is 29.3 Å². The normalized spacial score (nSPS) is 22.8. The number of hydrogen-bond acceptors (Lipinski definition) is 2. The van der Waals surface area contributed by atoms with Crippen molar-refractivity contribution < 1.29 is 0 Å². The first kappa shape index (κ1) is 13.9. The second-order valence-electron chi connectivity index (χ2n) is 5.95. The summed E-state index contributed by atoms with van der Waals surface area (Å²) in [6, 6.07) is 8.16. The Kier molecular flexibility index (Phi) is 4.85. The van der Waals surface area contributed by atoms with Crippen molar-refractivity contribution >= 4 is 5.69 Å². The van der Waals surface area contributed by atoms with Crippen molar-refractivity contribution in [1.82, 2.24) is 0 Å². The summed E-state index contributed by atoms with van der Waals surface area (Å²) >= 11 is 0. The maximum atomic E-state index is 9.13. The lowest BCUT2D eigenvalue weighted by molar-refractivity contribution is 0.282. The minimum Gasteiger partial charge on any atom is -0.384 e. The van der Waals surface area contributed by atoms with Crippen LogP contribution in [-0.2, 0) is 0 Å². The third-order valence-corrected chi connectivity index (χ3v) is 4.38. The van der Waals surface area contributed by atoms with Gasteiger partial charge in [0.25, 0.3) is 0 Å². The van der Waals surface area contributed by atoms with Gasteiger partial charge in [0.05, 0.1) is 11.3 Å². The molecular weight excluding hydrogens is 232 g/mol. The molecule has 0 amide bonds. The van der Waals surface area contributed by atoms with Gasteiger partial charge < -0.3 is 5.32 Å². The van der Waals surface area contributed by atoms with Crippen molar-refractivity contribution in [2.24, 2.45) is 11.8 Å². The number of hydrogen-bond donors (Lipinski definition) is 1. The highest BCUT2D eigenvalue weighted by molar-refractivity contribution is 5.62. The van der Waals surface area contributed by atoms with E-state index in [4.69, 9.17) is 5.26 Å². The highest BCUT2D eigenvalue weighted by Gasteiger charge is 2.17. The van der Waals surface area contributed by atoms with Gasteiger partial charge in [0.2, 0.25) is 0 Å². The summed E-state index contributed by atoms with van der Waals surface area (Å²) in [7, 11) is 0. The third kappa shape index (κ3) is 3.73. The maximum Gasteiger partial charge on any atom is 0.101 e. The van der Waals surface area contributed by atoms with Gasteiger partial charge in [-0.1, -0.05) is 44.7 Å². The summed E-state index contributed by atoms with van der Waals surface area (Å²) < 4.78 is 0. The Labute approximate surface area is 116 Å². The first-order valence-corrected chi connectivity index (χ1v) is 7.44. The van der Waals surface area contributed by atoms with Crippen LogP contribution in [-0.4, -0.2) is 6.54 Å². The van der Waals surface area contributed by atoms with Gasteiger partial charge in [-0.3, -0.25) is 0 Å². The van der Waals surface area contributed by atoms with Crippen molar-refractivity contribution in [2.45, 2.75) is 46.0 Å². The van der Waals surface area contributed by atoms with Crippen LogP contribution in [0.5, 0.6) is 0 Å². The molecular formula is C17H24N2. The summed E-state index contributed by atoms with van der Waals surface area (Å²) in [4.78, 5) is 0. The van der Waals surface area contributed by atoms with Crippen LogP contribution in [0.3, 0.4) is 0 Å². The van der Waals surface area contributed by atoms with Gasteiger partial charge in [0, 0.05) is 6.54 Å². The van der Waals surface area contributed by atoms with Crippen molar-refractivity contribution in [1.29, 1.82) is 5.26 Å². The van der Waals surface area contributed by atoms with Gasteiger partial charge in [0.15, 0.2) is 0 Å². The lowest BCUT2D eigenvalue weighted by Crippen LogP contribution is -2.16. The van der Waals surface area contributed by atoms with Gasteiger partial charge in [0.1, 0.15) is 6.07 Å². The molecule has 1 aliphatic carbocycles. The molecule has 0 saturated heterocycles. The number of aryl methyl sites for hydroxylation is 1. The minimum absolute atomic E-state index is 0.761. The minimum atomic E-state index is 0.761. The maximum absolute atomic E-state index is 9.13. The van der Waals surface area contributed by atoms with E-state index >= 15 is 0 Å². The van der Waals surface area contributed by atoms with E-state index in [-0.39, 0.29) is 0 Å². The Hall–Kier alpha value is -1.49. The zero-order valence-corrected chi connectivity index (χ0v) is 12.1. The van der Waals surface area contributed by atoms with Gasteiger partial charge in [-0.25, -0.2) is 0 Å². The van der Waals surface area contributed by atoms with Crippen LogP contribution in [0.2, 0.25) is 0 Å². The van der Waals surface area contributed by atoms with E-state index in [0.29, 0.717) is 0 Å². The smallest absolute Gasteiger partial charge is 0.101 e. The number of anilines is 1. The summed E-state index contributed by atoms with van der Waals surface area (Å²) in [5.74, 6) is 1.80. The number of nitriles is 1. The zero-order valence-electron chi connectivity index (χ0n) is 12.1. The van der Waals surface area contributed by atoms with Crippen LogP contribution in [0, 0.1) is 30.1 Å². The molecule has 2 heteroatoms. The molecule has 19 heavy (non-hydrogen) atoms. The topological polar surface area (TPSA) is 35.8 Å². The molecule has 102 valence electrons. The van der Waals surface area contributed by atoms with Crippen LogP contribution < -0.4 is 5.32 Å². The molecule has 1 N–H and O–H groups in total. The molecule has 0 aromatic heterocycles. The molecule has 0 unspecified atom stereocenters. The van der Waals surface area contributed by atoms with Crippen LogP contribution in [0.25, 0.3) is 0 Å². The standard InChI is InChI=1S/C17H24N2/c1-13-6-8-15(9-7-13)10-11-19-17-14(2)4-3-5-16(17)12-18/h3-5,13,15,19H,6-11H2,1-2H3. The Morgan fingerprint density at radius 3 is 2.68 bits per heavy atom. The van der Waals surface area contributed by atoms with Crippen LogP contribution in [0.4, 0.5) is 5.69 Å². The summed E-state index contributed by atoms with van der Waals surface area (Å²) in [5.41, 5.74) is 2.95. The van der Waals surface area contributed by atoms with Gasteiger partial charge in [-0.15, -0.1) is 0 Å². The predicted octanol–water partition coefficient (Wildman–Crippen LogP) is 4.50. The molecule has 0 spiro atoms. The van der Waals surface area contributed by atoms with E-state index < -0.39 is 0 Å². The second kappa shape index (κ2) is 6.61. The molecule has 2 rings (SSSR count). The predicted molar refractivity (Wildman–Crippen MR) is 80.1 cm³/mol. The van der Waals surface area contributed by atoms with E-state index in [0.717, 1.165) is 35.2 Å². The molecule has 1 aromatic rings. The van der Waals surface area contributed by atoms with Crippen LogP contribution in [0.15, 0.2) is 18.2 Å². The molecule has 0 atom stereocenters. The molecule has 0 aliphatic heterocycles. The van der Waals surface area contributed by atoms with E-state index in [2.05, 4.69) is 31.3 Å². The second-order valence-corrected chi connectivity index (χ2v) is 5.95. The fraction of sp³-hybridized carbons (Fsp3) is 0.588. The van der Waals surface area contributed by atoms with Crippen molar-refractivity contribution in [3.63, 3.8) is 0 Å². The average molecular weight is 256 g/mol. The zero-order chi connectivity index (χ0) is 13.7. The number of rotatable bonds is 4. The van der Waals surface area contributed by atoms with E-state index in [1.807, 2.05) is 12.1 Å². The van der Waals surface area contributed by atoms with E-state index in [9.17, 15) is 0 Å². The molecule has 2 nitrogen and oxygen atoms in total. The molecule has 0 bridgehead atoms. The average Bonchev–Trinajstić information content (AvgIpc) is 2.42. The quantitative estimate of drug-likeness (QED) is 0.861. The summed E-state index contributed by atoms with van der Waals surface area (Å²) in [5, 5.41) is 12.6. The Morgan fingerprint density at radius 2 is 2.00 bits per heavy atom. The highest BCUT2D eigenvalue weighted by atomic mass is 14.9. The molecule has 1 fully saturated rings. The lowest BCUT2D eigenvalue weighted by atomic mass is 9.81. The van der Waals surface area contributed by atoms with Crippen molar-refractivity contribution in [2.75, 3.05) is 11.9 Å². The molecule has 0 radical (unpaired) electrons. The number of benzene rings is 1. The number of nitrogens with one attached hydrogen (secondary N) is 1. The number of para-hydroxylation sites is 1. The van der Waals surface area contributed by atoms with E-state index in [1.165, 1.54) is 32.1 Å². The molecule has 0 heterocycles. The largest absolute Gasteiger partial charge is 0.384 e. The van der Waals surface area contributed by atoms with E-state index in [1.54, 1.807) is 0 Å². The fourth-order valence-corrected chi connectivity index (χ4v) is 3.01. The first-order valence-electron chi connectivity index (χ1n) is 7.44. The summed E-state index contributed by atoms with van der Waals surface area (Å²) in [6.07, 6.45) is 6.76. The fourth-order valence-electron chi connectivity index (χ4n) is 3.01. The molecule has 1 saturated carbocycles. The molecule has 1 aromatic carbocycles. The number of nitrogens with zero attached hydrogens (tertiary/aromatic N) is 1. The highest BCUT2D eigenvalue weighted by Crippen LogP contribution is 2.30. The Bertz CT molecular complexity index is 451. The van der Waals surface area contributed by atoms with Crippen molar-refractivity contribution in [3.8, 4) is 6.07 Å². The third-order valence-electron chi connectivity index (χ3n) is 4.38. The Morgan fingerprint density at radius 1 is 1.26 bits per heavy atom. The van der Waals surface area contributed by atoms with Crippen LogP contribution in [0.1, 0.15) is 50.2 Å². The lowest BCUT2D eigenvalue weighted by Gasteiger charge is -2.26. The first-order chi connectivity index (χ1) is 9.20. The SMILES string of the molecule is Cc1cccc(C#N)c1NCCC1CCC(C)CC1. The van der Waals surface area contributed by atoms with Crippen LogP contribution >= 0.6 is 0 Å². The molecule has 1 aliphatic rings. The Balaban J connectivity index is 1.85. The van der Waals surface area contributed by atoms with Gasteiger partial charge >= 0.3 is 0 Å².